The first-order chi connectivity index (χ1) is 19.8. The topological polar surface area (TPSA) is 91.0 Å². The molecule has 0 bridgehead atoms. The number of thioether (sulfide) groups is 1. The van der Waals surface area contributed by atoms with E-state index in [9.17, 15) is 14.9 Å². The van der Waals surface area contributed by atoms with Crippen LogP contribution in [0.4, 0.5) is 5.82 Å². The van der Waals surface area contributed by atoms with Gasteiger partial charge in [0.15, 0.2) is 11.5 Å². The van der Waals surface area contributed by atoms with Crippen LogP contribution in [0.15, 0.2) is 27.9 Å². The molecule has 9 nitrogen and oxygen atoms in total. The molecule has 2 aliphatic heterocycles. The number of anilines is 1. The van der Waals surface area contributed by atoms with E-state index >= 15 is 0 Å². The molecule has 0 saturated carbocycles. The lowest BCUT2D eigenvalue weighted by molar-refractivity contribution is -0.122. The molecule has 11 heteroatoms. The lowest BCUT2D eigenvalue weighted by Crippen LogP contribution is -2.48. The fourth-order valence-corrected chi connectivity index (χ4v) is 6.58. The molecule has 218 valence electrons. The van der Waals surface area contributed by atoms with Crippen LogP contribution in [0.5, 0.6) is 11.5 Å². The van der Waals surface area contributed by atoms with E-state index in [0.717, 1.165) is 56.1 Å². The van der Waals surface area contributed by atoms with Gasteiger partial charge in [-0.25, -0.2) is 0 Å². The molecular weight excluding hydrogens is 558 g/mol. The molecule has 3 heterocycles. The van der Waals surface area contributed by atoms with Crippen molar-refractivity contribution in [2.45, 2.75) is 40.2 Å². The van der Waals surface area contributed by atoms with Crippen molar-refractivity contribution in [1.29, 1.82) is 5.26 Å². The number of thiocarbonyl (C=S) groups is 1. The van der Waals surface area contributed by atoms with Crippen molar-refractivity contribution in [3.05, 3.63) is 55.7 Å². The summed E-state index contributed by atoms with van der Waals surface area (Å²) in [6.45, 7) is 11.1. The van der Waals surface area contributed by atoms with Crippen LogP contribution in [0.3, 0.4) is 0 Å². The fourth-order valence-electron chi connectivity index (χ4n) is 5.29. The van der Waals surface area contributed by atoms with E-state index < -0.39 is 0 Å². The molecule has 0 N–H and O–H groups in total. The average Bonchev–Trinajstić information content (AvgIpc) is 3.25. The Kier molecular flexibility index (Phi) is 10.1. The van der Waals surface area contributed by atoms with Gasteiger partial charge in [-0.05, 0) is 55.6 Å². The molecule has 2 fully saturated rings. The first-order valence-corrected chi connectivity index (χ1v) is 15.1. The Labute approximate surface area is 251 Å². The zero-order valence-electron chi connectivity index (χ0n) is 24.4. The van der Waals surface area contributed by atoms with Gasteiger partial charge in [0.05, 0.1) is 19.1 Å². The van der Waals surface area contributed by atoms with Gasteiger partial charge in [-0.3, -0.25) is 19.1 Å². The predicted molar refractivity (Wildman–Crippen MR) is 168 cm³/mol. The standard InChI is InChI=1S/C30H37N5O4S2/c1-6-11-34-27(33-15-13-32(7-2)14-16-33)22(20(3)23(19-31)28(34)36)18-26-29(37)35(30(40)41-26)12-10-21-8-9-24(38-4)25(17-21)39-5/h8-9,17-18H,6-7,10-16H2,1-5H3. The monoisotopic (exact) mass is 595 g/mol. The zero-order chi connectivity index (χ0) is 29.7. The van der Waals surface area contributed by atoms with Gasteiger partial charge in [-0.2, -0.15) is 5.26 Å². The molecular formula is C30H37N5O4S2. The van der Waals surface area contributed by atoms with E-state index in [0.29, 0.717) is 45.8 Å². The number of hydrogen-bond acceptors (Lipinski definition) is 9. The maximum absolute atomic E-state index is 13.6. The first-order valence-electron chi connectivity index (χ1n) is 13.9. The van der Waals surface area contributed by atoms with Crippen molar-refractivity contribution < 1.29 is 14.3 Å². The van der Waals surface area contributed by atoms with E-state index in [-0.39, 0.29) is 17.0 Å². The average molecular weight is 596 g/mol. The second kappa shape index (κ2) is 13.6. The minimum Gasteiger partial charge on any atom is -0.493 e. The van der Waals surface area contributed by atoms with E-state index in [1.54, 1.807) is 30.6 Å². The number of ether oxygens (including phenoxy) is 2. The van der Waals surface area contributed by atoms with Crippen molar-refractivity contribution >= 4 is 46.1 Å². The number of nitrogens with zero attached hydrogens (tertiary/aromatic N) is 5. The summed E-state index contributed by atoms with van der Waals surface area (Å²) < 4.78 is 12.9. The number of hydrogen-bond donors (Lipinski definition) is 0. The molecule has 0 radical (unpaired) electrons. The number of carbonyl (C=O) groups is 1. The Hall–Kier alpha value is -3.33. The summed E-state index contributed by atoms with van der Waals surface area (Å²) in [6.07, 6.45) is 3.17. The number of rotatable bonds is 10. The molecule has 0 atom stereocenters. The Morgan fingerprint density at radius 2 is 1.78 bits per heavy atom. The number of methoxy groups -OCH3 is 2. The minimum absolute atomic E-state index is 0.115. The number of pyridine rings is 1. The normalized spacial score (nSPS) is 16.9. The summed E-state index contributed by atoms with van der Waals surface area (Å²) in [7, 11) is 3.19. The Balaban J connectivity index is 1.69. The molecule has 0 unspecified atom stereocenters. The highest BCUT2D eigenvalue weighted by Gasteiger charge is 2.33. The molecule has 2 aromatic rings. The van der Waals surface area contributed by atoms with Crippen LogP contribution in [-0.4, -0.2) is 78.1 Å². The third-order valence-corrected chi connectivity index (χ3v) is 9.01. The summed E-state index contributed by atoms with van der Waals surface area (Å²) in [5.41, 5.74) is 2.16. The molecule has 1 amide bonds. The van der Waals surface area contributed by atoms with Crippen molar-refractivity contribution in [2.75, 3.05) is 58.4 Å². The zero-order valence-corrected chi connectivity index (χ0v) is 26.0. The Morgan fingerprint density at radius 1 is 1.07 bits per heavy atom. The highest BCUT2D eigenvalue weighted by atomic mass is 32.2. The van der Waals surface area contributed by atoms with E-state index in [2.05, 4.69) is 22.8 Å². The van der Waals surface area contributed by atoms with E-state index in [1.165, 1.54) is 11.8 Å². The van der Waals surface area contributed by atoms with Gasteiger partial charge in [0.25, 0.3) is 11.5 Å². The van der Waals surface area contributed by atoms with Crippen LogP contribution in [-0.2, 0) is 17.8 Å². The highest BCUT2D eigenvalue weighted by Crippen LogP contribution is 2.36. The van der Waals surface area contributed by atoms with Crippen LogP contribution in [0, 0.1) is 18.3 Å². The number of carbonyl (C=O) groups excluding carboxylic acids is 1. The van der Waals surface area contributed by atoms with Crippen LogP contribution in [0.1, 0.15) is 42.5 Å². The number of aromatic nitrogens is 1. The summed E-state index contributed by atoms with van der Waals surface area (Å²) >= 11 is 6.89. The molecule has 2 saturated heterocycles. The maximum atomic E-state index is 13.6. The van der Waals surface area contributed by atoms with Gasteiger partial charge in [0, 0.05) is 44.8 Å². The number of benzene rings is 1. The van der Waals surface area contributed by atoms with Crippen LogP contribution < -0.4 is 19.9 Å². The third-order valence-electron chi connectivity index (χ3n) is 7.63. The van der Waals surface area contributed by atoms with Gasteiger partial charge >= 0.3 is 0 Å². The highest BCUT2D eigenvalue weighted by molar-refractivity contribution is 8.26. The van der Waals surface area contributed by atoms with Gasteiger partial charge in [-0.15, -0.1) is 0 Å². The summed E-state index contributed by atoms with van der Waals surface area (Å²) in [6, 6.07) is 7.82. The van der Waals surface area contributed by atoms with E-state index in [1.807, 2.05) is 31.2 Å². The van der Waals surface area contributed by atoms with Crippen molar-refractivity contribution in [3.8, 4) is 17.6 Å². The predicted octanol–water partition coefficient (Wildman–Crippen LogP) is 4.04. The molecule has 1 aromatic heterocycles. The fraction of sp³-hybridized carbons (Fsp3) is 0.467. The first kappa shape index (κ1) is 30.6. The molecule has 0 spiro atoms. The van der Waals surface area contributed by atoms with Crippen LogP contribution in [0.2, 0.25) is 0 Å². The smallest absolute Gasteiger partial charge is 0.270 e. The second-order valence-corrected chi connectivity index (χ2v) is 11.7. The van der Waals surface area contributed by atoms with Gasteiger partial charge < -0.3 is 19.3 Å². The van der Waals surface area contributed by atoms with Gasteiger partial charge in [0.2, 0.25) is 0 Å². The molecule has 4 rings (SSSR count). The maximum Gasteiger partial charge on any atom is 0.270 e. The molecule has 1 aromatic carbocycles. The van der Waals surface area contributed by atoms with Crippen LogP contribution in [0.25, 0.3) is 6.08 Å². The summed E-state index contributed by atoms with van der Waals surface area (Å²) in [5, 5.41) is 9.91. The summed E-state index contributed by atoms with van der Waals surface area (Å²) in [4.78, 5) is 33.8. The number of amides is 1. The quantitative estimate of drug-likeness (QED) is 0.298. The molecule has 2 aliphatic rings. The Morgan fingerprint density at radius 3 is 2.39 bits per heavy atom. The van der Waals surface area contributed by atoms with Crippen molar-refractivity contribution in [1.82, 2.24) is 14.4 Å². The van der Waals surface area contributed by atoms with Crippen LogP contribution >= 0.6 is 24.0 Å². The number of piperazine rings is 1. The summed E-state index contributed by atoms with van der Waals surface area (Å²) in [5.74, 6) is 1.88. The molecule has 0 aliphatic carbocycles. The van der Waals surface area contributed by atoms with E-state index in [4.69, 9.17) is 21.7 Å². The van der Waals surface area contributed by atoms with Crippen molar-refractivity contribution in [2.24, 2.45) is 0 Å². The Bertz CT molecular complexity index is 1450. The second-order valence-electron chi connectivity index (χ2n) is 10.00. The van der Waals surface area contributed by atoms with Crippen molar-refractivity contribution in [3.63, 3.8) is 0 Å². The van der Waals surface area contributed by atoms with Gasteiger partial charge in [0.1, 0.15) is 21.8 Å². The lowest BCUT2D eigenvalue weighted by atomic mass is 10.0. The minimum atomic E-state index is -0.278. The largest absolute Gasteiger partial charge is 0.493 e. The molecule has 41 heavy (non-hydrogen) atoms. The number of nitriles is 1. The number of likely N-dealkylation sites (N-methyl/N-ethyl adjacent to an activating group) is 1. The third kappa shape index (κ3) is 6.30. The SMILES string of the molecule is CCCn1c(N2CCN(CC)CC2)c(C=C2SC(=S)N(CCc3ccc(OC)c(OC)c3)C2=O)c(C)c(C#N)c1=O. The van der Waals surface area contributed by atoms with Gasteiger partial charge in [-0.1, -0.05) is 43.9 Å². The lowest BCUT2D eigenvalue weighted by Gasteiger charge is -2.37.